The average molecular weight is 839 g/mol. The Labute approximate surface area is 304 Å². The smallest absolute Gasteiger partial charge is 0.0799 e. The SMILES string of the molecule is CC(C)c1cc(-c2[c-]cccc2)ncc1[Si](C)(C)C.CC(C)c1ccnc(-c2[c-]ccc3c2sc2c(-c4ccccc4)cccc23)c1.[Ir]. The minimum absolute atomic E-state index is 0. The van der Waals surface area contributed by atoms with Crippen molar-refractivity contribution in [3.63, 3.8) is 0 Å². The van der Waals surface area contributed by atoms with Crippen molar-refractivity contribution in [2.75, 3.05) is 0 Å². The minimum atomic E-state index is -1.34. The fourth-order valence-electron chi connectivity index (χ4n) is 6.02. The summed E-state index contributed by atoms with van der Waals surface area (Å²) >= 11 is 1.85. The van der Waals surface area contributed by atoms with Gasteiger partial charge in [0.1, 0.15) is 0 Å². The zero-order chi connectivity index (χ0) is 33.1. The molecule has 0 atom stereocenters. The number of nitrogens with zero attached hydrogens (tertiary/aromatic N) is 2. The molecule has 4 aromatic carbocycles. The first kappa shape index (κ1) is 35.6. The van der Waals surface area contributed by atoms with Crippen LogP contribution >= 0.6 is 11.3 Å². The second kappa shape index (κ2) is 15.2. The van der Waals surface area contributed by atoms with Crippen LogP contribution in [0.25, 0.3) is 53.8 Å². The largest absolute Gasteiger partial charge is 0.305 e. The number of hydrogen-bond acceptors (Lipinski definition) is 3. The maximum atomic E-state index is 4.67. The molecule has 0 bridgehead atoms. The summed E-state index contributed by atoms with van der Waals surface area (Å²) in [5.41, 5.74) is 9.50. The molecule has 0 aliphatic rings. The molecule has 0 unspecified atom stereocenters. The molecule has 0 aliphatic carbocycles. The van der Waals surface area contributed by atoms with E-state index in [1.165, 1.54) is 47.6 Å². The summed E-state index contributed by atoms with van der Waals surface area (Å²) < 4.78 is 2.58. The van der Waals surface area contributed by atoms with Gasteiger partial charge < -0.3 is 9.97 Å². The molecule has 0 saturated heterocycles. The number of pyridine rings is 2. The Morgan fingerprint density at radius 1 is 0.667 bits per heavy atom. The average Bonchev–Trinajstić information content (AvgIpc) is 3.48. The molecule has 0 aliphatic heterocycles. The van der Waals surface area contributed by atoms with Crippen molar-refractivity contribution in [1.82, 2.24) is 9.97 Å². The van der Waals surface area contributed by atoms with Crippen LogP contribution in [0.2, 0.25) is 19.6 Å². The third-order valence-electron chi connectivity index (χ3n) is 8.60. The van der Waals surface area contributed by atoms with E-state index in [9.17, 15) is 0 Å². The standard InChI is InChI=1S/C26H20NS.C17H22NSi.Ir/c1-17(2)19-14-15-27-24(16-19)23-13-7-12-22-21-11-6-10-20(25(21)28-26(22)23)18-8-4-3-5-9-18;1-13(2)15-11-16(14-9-7-6-8-10-14)18-12-17(15)19(3,4)5;/h3-12,14-17H,1-2H3;6-9,11-13H,1-5H3;/q2*-1;. The molecule has 0 saturated carbocycles. The van der Waals surface area contributed by atoms with E-state index in [4.69, 9.17) is 0 Å². The van der Waals surface area contributed by atoms with Crippen LogP contribution in [0.3, 0.4) is 0 Å². The van der Waals surface area contributed by atoms with Crippen molar-refractivity contribution in [2.45, 2.75) is 59.2 Å². The Kier molecular flexibility index (Phi) is 11.3. The molecule has 0 amide bonds. The van der Waals surface area contributed by atoms with Crippen molar-refractivity contribution < 1.29 is 20.1 Å². The van der Waals surface area contributed by atoms with E-state index >= 15 is 0 Å². The second-order valence-corrected chi connectivity index (χ2v) is 19.8. The van der Waals surface area contributed by atoms with E-state index < -0.39 is 8.07 Å². The van der Waals surface area contributed by atoms with Crippen LogP contribution in [0.4, 0.5) is 0 Å². The van der Waals surface area contributed by atoms with Gasteiger partial charge in [-0.25, -0.2) is 0 Å². The van der Waals surface area contributed by atoms with Gasteiger partial charge in [0.25, 0.3) is 0 Å². The van der Waals surface area contributed by atoms with Crippen molar-refractivity contribution in [3.8, 4) is 33.6 Å². The summed E-state index contributed by atoms with van der Waals surface area (Å²) in [6.07, 6.45) is 4.01. The molecule has 0 N–H and O–H groups in total. The number of fused-ring (bicyclic) bond motifs is 3. The zero-order valence-electron chi connectivity index (χ0n) is 28.8. The molecule has 245 valence electrons. The normalized spacial score (nSPS) is 11.4. The summed E-state index contributed by atoms with van der Waals surface area (Å²) in [5, 5.41) is 4.06. The van der Waals surface area contributed by atoms with Crippen molar-refractivity contribution in [3.05, 3.63) is 139 Å². The first-order chi connectivity index (χ1) is 22.6. The summed E-state index contributed by atoms with van der Waals surface area (Å²) in [5.74, 6) is 1.01. The Morgan fingerprint density at radius 2 is 1.42 bits per heavy atom. The van der Waals surface area contributed by atoms with Gasteiger partial charge in [-0.15, -0.1) is 59.7 Å². The van der Waals surface area contributed by atoms with Crippen LogP contribution < -0.4 is 5.19 Å². The van der Waals surface area contributed by atoms with Crippen LogP contribution in [0.1, 0.15) is 50.7 Å². The first-order valence-corrected chi connectivity index (χ1v) is 20.8. The topological polar surface area (TPSA) is 25.8 Å². The summed E-state index contributed by atoms with van der Waals surface area (Å²) in [4.78, 5) is 9.33. The molecule has 3 aromatic heterocycles. The van der Waals surface area contributed by atoms with Crippen molar-refractivity contribution in [2.24, 2.45) is 0 Å². The molecule has 7 aromatic rings. The fourth-order valence-corrected chi connectivity index (χ4v) is 9.04. The van der Waals surface area contributed by atoms with E-state index in [1.807, 2.05) is 41.8 Å². The molecule has 3 heterocycles. The van der Waals surface area contributed by atoms with Gasteiger partial charge >= 0.3 is 0 Å². The van der Waals surface area contributed by atoms with E-state index in [0.717, 1.165) is 22.5 Å². The van der Waals surface area contributed by atoms with E-state index in [0.29, 0.717) is 11.8 Å². The van der Waals surface area contributed by atoms with Crippen molar-refractivity contribution in [1.29, 1.82) is 0 Å². The van der Waals surface area contributed by atoms with Crippen LogP contribution in [-0.4, -0.2) is 18.0 Å². The van der Waals surface area contributed by atoms with E-state index in [1.54, 1.807) is 0 Å². The van der Waals surface area contributed by atoms with Crippen LogP contribution in [-0.2, 0) is 20.1 Å². The molecular formula is C43H42IrN2SSi-2. The molecule has 5 heteroatoms. The van der Waals surface area contributed by atoms with Gasteiger partial charge in [0, 0.05) is 37.2 Å². The fraction of sp³-hybridized carbons (Fsp3) is 0.209. The van der Waals surface area contributed by atoms with Crippen LogP contribution in [0, 0.1) is 12.1 Å². The van der Waals surface area contributed by atoms with Gasteiger partial charge in [-0.05, 0) is 55.7 Å². The van der Waals surface area contributed by atoms with Gasteiger partial charge in [0.05, 0.1) is 8.07 Å². The third-order valence-corrected chi connectivity index (χ3v) is 11.9. The predicted octanol–water partition coefficient (Wildman–Crippen LogP) is 11.9. The Hall–Kier alpha value is -3.73. The Balaban J connectivity index is 0.000000198. The monoisotopic (exact) mass is 839 g/mol. The number of hydrogen-bond donors (Lipinski definition) is 0. The maximum Gasteiger partial charge on any atom is 0.0799 e. The zero-order valence-corrected chi connectivity index (χ0v) is 33.0. The van der Waals surface area contributed by atoms with Gasteiger partial charge in [-0.1, -0.05) is 125 Å². The van der Waals surface area contributed by atoms with Crippen molar-refractivity contribution >= 4 is 44.8 Å². The third kappa shape index (κ3) is 7.61. The molecule has 48 heavy (non-hydrogen) atoms. The number of rotatable bonds is 6. The maximum absolute atomic E-state index is 4.67. The Morgan fingerprint density at radius 3 is 2.10 bits per heavy atom. The Bertz CT molecular complexity index is 2130. The molecule has 0 spiro atoms. The summed E-state index contributed by atoms with van der Waals surface area (Å²) in [7, 11) is -1.34. The van der Waals surface area contributed by atoms with E-state index in [2.05, 4.69) is 154 Å². The molecular weight excluding hydrogens is 797 g/mol. The van der Waals surface area contributed by atoms with Crippen LogP contribution in [0.15, 0.2) is 116 Å². The molecule has 2 nitrogen and oxygen atoms in total. The van der Waals surface area contributed by atoms with Gasteiger partial charge in [-0.2, -0.15) is 11.3 Å². The molecule has 0 fully saturated rings. The van der Waals surface area contributed by atoms with Gasteiger partial charge in [0.2, 0.25) is 0 Å². The second-order valence-electron chi connectivity index (χ2n) is 13.7. The first-order valence-electron chi connectivity index (χ1n) is 16.5. The quantitative estimate of drug-likeness (QED) is 0.123. The summed E-state index contributed by atoms with van der Waals surface area (Å²) in [6, 6.07) is 42.8. The van der Waals surface area contributed by atoms with Gasteiger partial charge in [-0.3, -0.25) is 0 Å². The molecule has 1 radical (unpaired) electrons. The van der Waals surface area contributed by atoms with Gasteiger partial charge in [0.15, 0.2) is 0 Å². The minimum Gasteiger partial charge on any atom is -0.305 e. The molecule has 7 rings (SSSR count). The predicted molar refractivity (Wildman–Crippen MR) is 207 cm³/mol. The number of aromatic nitrogens is 2. The number of benzene rings is 4. The van der Waals surface area contributed by atoms with Crippen LogP contribution in [0.5, 0.6) is 0 Å². The number of thiophene rings is 1. The van der Waals surface area contributed by atoms with E-state index in [-0.39, 0.29) is 20.1 Å². The summed E-state index contributed by atoms with van der Waals surface area (Å²) in [6.45, 7) is 16.1.